The van der Waals surface area contributed by atoms with E-state index in [-0.39, 0.29) is 6.61 Å². The van der Waals surface area contributed by atoms with Gasteiger partial charge in [0.25, 0.3) is 0 Å². The molecule has 3 rings (SSSR count). The molecular weight excluding hydrogens is 362 g/mol. The van der Waals surface area contributed by atoms with Gasteiger partial charge < -0.3 is 14.8 Å². The number of fused-ring (bicyclic) bond motifs is 1. The SMILES string of the molecule is COCCNC(=O)OCc1ccc(-c2cc3nccc(Cl)c3s2)nc1. The number of nitrogens with one attached hydrogen (secondary N) is 1. The van der Waals surface area contributed by atoms with Gasteiger partial charge >= 0.3 is 6.09 Å². The molecule has 0 fully saturated rings. The van der Waals surface area contributed by atoms with Crippen LogP contribution in [0.1, 0.15) is 5.56 Å². The van der Waals surface area contributed by atoms with Crippen LogP contribution in [-0.4, -0.2) is 36.3 Å². The van der Waals surface area contributed by atoms with Crippen LogP contribution in [0.4, 0.5) is 4.79 Å². The number of methoxy groups -OCH3 is 1. The molecule has 130 valence electrons. The van der Waals surface area contributed by atoms with Gasteiger partial charge in [0, 0.05) is 31.6 Å². The molecule has 0 unspecified atom stereocenters. The predicted octanol–water partition coefficient (Wildman–Crippen LogP) is 3.88. The number of alkyl carbamates (subject to hydrolysis) is 1. The monoisotopic (exact) mass is 377 g/mol. The summed E-state index contributed by atoms with van der Waals surface area (Å²) in [5, 5.41) is 3.27. The highest BCUT2D eigenvalue weighted by molar-refractivity contribution is 7.22. The second-order valence-corrected chi connectivity index (χ2v) is 6.62. The van der Waals surface area contributed by atoms with Crippen molar-refractivity contribution >= 4 is 39.2 Å². The first-order chi connectivity index (χ1) is 12.2. The number of halogens is 1. The molecule has 0 aliphatic heterocycles. The maximum Gasteiger partial charge on any atom is 0.407 e. The van der Waals surface area contributed by atoms with Crippen molar-refractivity contribution in [3.05, 3.63) is 47.2 Å². The molecule has 0 saturated heterocycles. The lowest BCUT2D eigenvalue weighted by Crippen LogP contribution is -2.27. The summed E-state index contributed by atoms with van der Waals surface area (Å²) in [6.07, 6.45) is 2.90. The van der Waals surface area contributed by atoms with Crippen molar-refractivity contribution in [2.24, 2.45) is 0 Å². The molecule has 0 aromatic carbocycles. The molecule has 0 aliphatic carbocycles. The zero-order valence-corrected chi connectivity index (χ0v) is 15.1. The summed E-state index contributed by atoms with van der Waals surface area (Å²) in [7, 11) is 1.57. The molecule has 3 heterocycles. The van der Waals surface area contributed by atoms with Gasteiger partial charge in [-0.3, -0.25) is 9.97 Å². The van der Waals surface area contributed by atoms with E-state index >= 15 is 0 Å². The smallest absolute Gasteiger partial charge is 0.407 e. The Morgan fingerprint density at radius 3 is 2.92 bits per heavy atom. The summed E-state index contributed by atoms with van der Waals surface area (Å²) in [5.74, 6) is 0. The number of rotatable bonds is 6. The van der Waals surface area contributed by atoms with E-state index in [1.807, 2.05) is 18.2 Å². The number of hydrogen-bond acceptors (Lipinski definition) is 6. The number of thiophene rings is 1. The molecule has 0 radical (unpaired) electrons. The summed E-state index contributed by atoms with van der Waals surface area (Å²) in [6.45, 7) is 1.01. The average Bonchev–Trinajstić information content (AvgIpc) is 3.06. The standard InChI is InChI=1S/C17H16ClN3O3S/c1-23-7-6-20-17(22)24-10-11-2-3-13(21-9-11)15-8-14-16(25-15)12(18)4-5-19-14/h2-5,8-9H,6-7,10H2,1H3,(H,20,22). The van der Waals surface area contributed by atoms with E-state index < -0.39 is 6.09 Å². The van der Waals surface area contributed by atoms with Crippen LogP contribution in [0.3, 0.4) is 0 Å². The van der Waals surface area contributed by atoms with Crippen LogP contribution < -0.4 is 5.32 Å². The highest BCUT2D eigenvalue weighted by atomic mass is 35.5. The fourth-order valence-corrected chi connectivity index (χ4v) is 3.41. The van der Waals surface area contributed by atoms with E-state index in [1.54, 1.807) is 36.9 Å². The van der Waals surface area contributed by atoms with Gasteiger partial charge in [-0.05, 0) is 18.2 Å². The number of nitrogens with zero attached hydrogens (tertiary/aromatic N) is 2. The van der Waals surface area contributed by atoms with Crippen LogP contribution in [0, 0.1) is 0 Å². The maximum absolute atomic E-state index is 11.5. The van der Waals surface area contributed by atoms with E-state index in [0.29, 0.717) is 18.2 Å². The zero-order chi connectivity index (χ0) is 17.6. The van der Waals surface area contributed by atoms with Crippen molar-refractivity contribution in [3.63, 3.8) is 0 Å². The van der Waals surface area contributed by atoms with E-state index in [1.165, 1.54) is 0 Å². The van der Waals surface area contributed by atoms with Crippen LogP contribution in [0.5, 0.6) is 0 Å². The summed E-state index contributed by atoms with van der Waals surface area (Å²) >= 11 is 7.74. The largest absolute Gasteiger partial charge is 0.445 e. The van der Waals surface area contributed by atoms with Gasteiger partial charge in [0.2, 0.25) is 0 Å². The molecule has 1 amide bonds. The van der Waals surface area contributed by atoms with E-state index in [2.05, 4.69) is 15.3 Å². The minimum absolute atomic E-state index is 0.159. The van der Waals surface area contributed by atoms with Crippen LogP contribution in [0.2, 0.25) is 5.02 Å². The molecule has 0 spiro atoms. The topological polar surface area (TPSA) is 73.3 Å². The molecular formula is C17H16ClN3O3S. The normalized spacial score (nSPS) is 10.8. The Balaban J connectivity index is 1.63. The van der Waals surface area contributed by atoms with Gasteiger partial charge in [-0.25, -0.2) is 4.79 Å². The van der Waals surface area contributed by atoms with Crippen molar-refractivity contribution in [1.82, 2.24) is 15.3 Å². The quantitative estimate of drug-likeness (QED) is 0.660. The van der Waals surface area contributed by atoms with Gasteiger partial charge in [-0.15, -0.1) is 11.3 Å². The summed E-state index contributed by atoms with van der Waals surface area (Å²) in [6, 6.07) is 7.51. The third-order valence-electron chi connectivity index (χ3n) is 3.39. The lowest BCUT2D eigenvalue weighted by molar-refractivity contribution is 0.133. The molecule has 0 saturated carbocycles. The number of ether oxygens (including phenoxy) is 2. The molecule has 25 heavy (non-hydrogen) atoms. The Morgan fingerprint density at radius 1 is 1.32 bits per heavy atom. The van der Waals surface area contributed by atoms with Gasteiger partial charge in [0.05, 0.1) is 32.4 Å². The number of amides is 1. The molecule has 3 aromatic heterocycles. The van der Waals surface area contributed by atoms with E-state index in [9.17, 15) is 4.79 Å². The second-order valence-electron chi connectivity index (χ2n) is 5.17. The first kappa shape index (κ1) is 17.6. The third kappa shape index (κ3) is 4.45. The maximum atomic E-state index is 11.5. The number of hydrogen-bond donors (Lipinski definition) is 1. The van der Waals surface area contributed by atoms with Gasteiger partial charge in [-0.1, -0.05) is 17.7 Å². The van der Waals surface area contributed by atoms with Crippen LogP contribution in [0.15, 0.2) is 36.7 Å². The van der Waals surface area contributed by atoms with E-state index in [0.717, 1.165) is 26.4 Å². The number of pyridine rings is 2. The number of aromatic nitrogens is 2. The summed E-state index contributed by atoms with van der Waals surface area (Å²) in [4.78, 5) is 21.2. The van der Waals surface area contributed by atoms with Crippen LogP contribution in [0.25, 0.3) is 20.8 Å². The first-order valence-electron chi connectivity index (χ1n) is 7.56. The Kier molecular flexibility index (Phi) is 5.80. The molecule has 6 nitrogen and oxygen atoms in total. The third-order valence-corrected chi connectivity index (χ3v) is 4.99. The molecule has 0 atom stereocenters. The Hall–Kier alpha value is -2.22. The molecule has 1 N–H and O–H groups in total. The van der Waals surface area contributed by atoms with Crippen molar-refractivity contribution in [2.75, 3.05) is 20.3 Å². The Bertz CT molecular complexity index is 867. The van der Waals surface area contributed by atoms with Gasteiger partial charge in [-0.2, -0.15) is 0 Å². The minimum atomic E-state index is -0.480. The van der Waals surface area contributed by atoms with Gasteiger partial charge in [0.1, 0.15) is 6.61 Å². The van der Waals surface area contributed by atoms with Crippen LogP contribution in [-0.2, 0) is 16.1 Å². The summed E-state index contributed by atoms with van der Waals surface area (Å²) < 4.78 is 10.9. The van der Waals surface area contributed by atoms with Crippen molar-refractivity contribution < 1.29 is 14.3 Å². The molecule has 0 bridgehead atoms. The molecule has 0 aliphatic rings. The number of carbonyl (C=O) groups excluding carboxylic acids is 1. The Labute approximate surface area is 153 Å². The van der Waals surface area contributed by atoms with Crippen molar-refractivity contribution in [1.29, 1.82) is 0 Å². The lowest BCUT2D eigenvalue weighted by Gasteiger charge is -2.06. The highest BCUT2D eigenvalue weighted by Crippen LogP contribution is 2.35. The lowest BCUT2D eigenvalue weighted by atomic mass is 10.2. The average molecular weight is 378 g/mol. The predicted molar refractivity (Wildman–Crippen MR) is 97.9 cm³/mol. The first-order valence-corrected chi connectivity index (χ1v) is 8.75. The van der Waals surface area contributed by atoms with Gasteiger partial charge in [0.15, 0.2) is 0 Å². The molecule has 3 aromatic rings. The molecule has 8 heteroatoms. The van der Waals surface area contributed by atoms with E-state index in [4.69, 9.17) is 21.1 Å². The Morgan fingerprint density at radius 2 is 2.20 bits per heavy atom. The minimum Gasteiger partial charge on any atom is -0.445 e. The number of carbonyl (C=O) groups is 1. The fraction of sp³-hybridized carbons (Fsp3) is 0.235. The van der Waals surface area contributed by atoms with Crippen molar-refractivity contribution in [3.8, 4) is 10.6 Å². The second kappa shape index (κ2) is 8.24. The summed E-state index contributed by atoms with van der Waals surface area (Å²) in [5.41, 5.74) is 2.49. The van der Waals surface area contributed by atoms with Crippen molar-refractivity contribution in [2.45, 2.75) is 6.61 Å². The van der Waals surface area contributed by atoms with Crippen LogP contribution >= 0.6 is 22.9 Å². The fourth-order valence-electron chi connectivity index (χ4n) is 2.14. The highest BCUT2D eigenvalue weighted by Gasteiger charge is 2.09. The zero-order valence-electron chi connectivity index (χ0n) is 13.5.